The number of aromatic nitrogens is 2. The summed E-state index contributed by atoms with van der Waals surface area (Å²) in [4.78, 5) is 21.1. The molecule has 6 heteroatoms. The van der Waals surface area contributed by atoms with Gasteiger partial charge in [-0.15, -0.1) is 0 Å². The highest BCUT2D eigenvalue weighted by Gasteiger charge is 2.21. The van der Waals surface area contributed by atoms with E-state index in [4.69, 9.17) is 4.74 Å². The molecule has 1 amide bonds. The Balaban J connectivity index is 1.23. The van der Waals surface area contributed by atoms with Crippen molar-refractivity contribution in [1.82, 2.24) is 19.4 Å². The van der Waals surface area contributed by atoms with E-state index < -0.39 is 0 Å². The van der Waals surface area contributed by atoms with E-state index in [1.165, 1.54) is 5.39 Å². The SMILES string of the molecule is Cc1nccn1CCN1CCN(C(=O)COc2ccc3ccccc3c2)CC1. The molecule has 4 rings (SSSR count). The van der Waals surface area contributed by atoms with Crippen LogP contribution in [-0.4, -0.2) is 64.6 Å². The maximum atomic E-state index is 12.5. The normalized spacial score (nSPS) is 15.1. The second-order valence-electron chi connectivity index (χ2n) is 7.19. The van der Waals surface area contributed by atoms with Crippen LogP contribution < -0.4 is 4.74 Å². The van der Waals surface area contributed by atoms with E-state index in [2.05, 4.69) is 26.6 Å². The first-order valence-corrected chi connectivity index (χ1v) is 9.78. The molecule has 28 heavy (non-hydrogen) atoms. The van der Waals surface area contributed by atoms with Gasteiger partial charge in [0.25, 0.3) is 5.91 Å². The van der Waals surface area contributed by atoms with Gasteiger partial charge in [-0.3, -0.25) is 9.69 Å². The quantitative estimate of drug-likeness (QED) is 0.662. The molecule has 0 saturated carbocycles. The van der Waals surface area contributed by atoms with Crippen molar-refractivity contribution in [1.29, 1.82) is 0 Å². The second-order valence-corrected chi connectivity index (χ2v) is 7.19. The summed E-state index contributed by atoms with van der Waals surface area (Å²) in [5.41, 5.74) is 0. The molecule has 1 saturated heterocycles. The lowest BCUT2D eigenvalue weighted by Gasteiger charge is -2.34. The van der Waals surface area contributed by atoms with Gasteiger partial charge in [0, 0.05) is 51.7 Å². The average molecular weight is 378 g/mol. The Morgan fingerprint density at radius 3 is 2.57 bits per heavy atom. The van der Waals surface area contributed by atoms with E-state index in [0.29, 0.717) is 0 Å². The fraction of sp³-hybridized carbons (Fsp3) is 0.364. The number of aryl methyl sites for hydroxylation is 1. The number of amides is 1. The summed E-state index contributed by atoms with van der Waals surface area (Å²) in [6, 6.07) is 14.1. The molecule has 0 radical (unpaired) electrons. The van der Waals surface area contributed by atoms with E-state index in [1.807, 2.05) is 54.5 Å². The zero-order chi connectivity index (χ0) is 19.3. The van der Waals surface area contributed by atoms with Crippen LogP contribution in [0.15, 0.2) is 54.9 Å². The highest BCUT2D eigenvalue weighted by atomic mass is 16.5. The number of benzene rings is 2. The van der Waals surface area contributed by atoms with Crippen LogP contribution in [0.3, 0.4) is 0 Å². The number of hydrogen-bond donors (Lipinski definition) is 0. The largest absolute Gasteiger partial charge is 0.484 e. The van der Waals surface area contributed by atoms with Crippen molar-refractivity contribution in [2.24, 2.45) is 0 Å². The standard InChI is InChI=1S/C22H26N4O2/c1-18-23-8-9-25(18)13-10-24-11-14-26(15-12-24)22(27)17-28-21-7-6-19-4-2-3-5-20(19)16-21/h2-9,16H,10-15,17H2,1H3. The lowest BCUT2D eigenvalue weighted by atomic mass is 10.1. The van der Waals surface area contributed by atoms with Gasteiger partial charge in [0.2, 0.25) is 0 Å². The Morgan fingerprint density at radius 2 is 1.82 bits per heavy atom. The maximum absolute atomic E-state index is 12.5. The summed E-state index contributed by atoms with van der Waals surface area (Å²) in [5, 5.41) is 2.29. The summed E-state index contributed by atoms with van der Waals surface area (Å²) in [6.07, 6.45) is 3.85. The van der Waals surface area contributed by atoms with Crippen molar-refractivity contribution in [3.05, 3.63) is 60.7 Å². The molecule has 1 fully saturated rings. The Morgan fingerprint density at radius 1 is 1.04 bits per heavy atom. The van der Waals surface area contributed by atoms with Gasteiger partial charge in [-0.05, 0) is 29.8 Å². The van der Waals surface area contributed by atoms with Crippen molar-refractivity contribution in [3.8, 4) is 5.75 Å². The van der Waals surface area contributed by atoms with Crippen LogP contribution in [0.4, 0.5) is 0 Å². The highest BCUT2D eigenvalue weighted by Crippen LogP contribution is 2.20. The van der Waals surface area contributed by atoms with E-state index >= 15 is 0 Å². The van der Waals surface area contributed by atoms with Crippen LogP contribution in [0.2, 0.25) is 0 Å². The van der Waals surface area contributed by atoms with Crippen molar-refractivity contribution >= 4 is 16.7 Å². The van der Waals surface area contributed by atoms with Gasteiger partial charge in [0.1, 0.15) is 11.6 Å². The topological polar surface area (TPSA) is 50.6 Å². The van der Waals surface area contributed by atoms with Gasteiger partial charge >= 0.3 is 0 Å². The fourth-order valence-electron chi connectivity index (χ4n) is 3.60. The molecule has 2 heterocycles. The lowest BCUT2D eigenvalue weighted by Crippen LogP contribution is -2.50. The van der Waals surface area contributed by atoms with Gasteiger partial charge < -0.3 is 14.2 Å². The van der Waals surface area contributed by atoms with Crippen LogP contribution in [0.25, 0.3) is 10.8 Å². The first kappa shape index (κ1) is 18.5. The maximum Gasteiger partial charge on any atom is 0.260 e. The Labute approximate surface area is 165 Å². The molecule has 6 nitrogen and oxygen atoms in total. The number of rotatable bonds is 6. The number of ether oxygens (including phenoxy) is 1. The number of piperazine rings is 1. The molecule has 146 valence electrons. The van der Waals surface area contributed by atoms with Gasteiger partial charge in [0.15, 0.2) is 6.61 Å². The average Bonchev–Trinajstić information content (AvgIpc) is 3.15. The molecule has 0 N–H and O–H groups in total. The number of carbonyl (C=O) groups is 1. The van der Waals surface area contributed by atoms with Gasteiger partial charge in [-0.1, -0.05) is 30.3 Å². The van der Waals surface area contributed by atoms with E-state index in [-0.39, 0.29) is 12.5 Å². The molecule has 1 aliphatic rings. The lowest BCUT2D eigenvalue weighted by molar-refractivity contribution is -0.135. The predicted molar refractivity (Wildman–Crippen MR) is 109 cm³/mol. The number of fused-ring (bicyclic) bond motifs is 1. The molecular formula is C22H26N4O2. The van der Waals surface area contributed by atoms with Crippen LogP contribution in [0.1, 0.15) is 5.82 Å². The van der Waals surface area contributed by atoms with Crippen molar-refractivity contribution in [2.75, 3.05) is 39.3 Å². The number of hydrogen-bond acceptors (Lipinski definition) is 4. The van der Waals surface area contributed by atoms with Crippen LogP contribution in [0.5, 0.6) is 5.75 Å². The molecule has 0 spiro atoms. The van der Waals surface area contributed by atoms with E-state index in [0.717, 1.165) is 56.2 Å². The molecule has 0 atom stereocenters. The minimum Gasteiger partial charge on any atom is -0.484 e. The first-order valence-electron chi connectivity index (χ1n) is 9.78. The molecule has 0 aliphatic carbocycles. The summed E-state index contributed by atoms with van der Waals surface area (Å²) < 4.78 is 7.91. The Kier molecular flexibility index (Phi) is 5.58. The Bertz CT molecular complexity index is 944. The third-order valence-electron chi connectivity index (χ3n) is 5.39. The van der Waals surface area contributed by atoms with Crippen LogP contribution in [0, 0.1) is 6.92 Å². The number of nitrogens with zero attached hydrogens (tertiary/aromatic N) is 4. The Hall–Kier alpha value is -2.86. The molecular weight excluding hydrogens is 352 g/mol. The summed E-state index contributed by atoms with van der Waals surface area (Å²) in [5.74, 6) is 1.83. The van der Waals surface area contributed by atoms with Gasteiger partial charge in [-0.2, -0.15) is 0 Å². The van der Waals surface area contributed by atoms with Crippen LogP contribution >= 0.6 is 0 Å². The minimum atomic E-state index is 0.0539. The van der Waals surface area contributed by atoms with Crippen molar-refractivity contribution in [3.63, 3.8) is 0 Å². The fourth-order valence-corrected chi connectivity index (χ4v) is 3.60. The van der Waals surface area contributed by atoms with Crippen LogP contribution in [-0.2, 0) is 11.3 Å². The van der Waals surface area contributed by atoms with Crippen molar-refractivity contribution < 1.29 is 9.53 Å². The molecule has 0 bridgehead atoms. The summed E-state index contributed by atoms with van der Waals surface area (Å²) >= 11 is 0. The third-order valence-corrected chi connectivity index (χ3v) is 5.39. The zero-order valence-corrected chi connectivity index (χ0v) is 16.3. The predicted octanol–water partition coefficient (Wildman–Crippen LogP) is 2.57. The second kappa shape index (κ2) is 8.44. The number of carbonyl (C=O) groups excluding carboxylic acids is 1. The molecule has 2 aromatic carbocycles. The van der Waals surface area contributed by atoms with Gasteiger partial charge in [-0.25, -0.2) is 4.98 Å². The molecule has 1 aliphatic heterocycles. The minimum absolute atomic E-state index is 0.0539. The smallest absolute Gasteiger partial charge is 0.260 e. The molecule has 3 aromatic rings. The summed E-state index contributed by atoms with van der Waals surface area (Å²) in [7, 11) is 0. The van der Waals surface area contributed by atoms with E-state index in [9.17, 15) is 4.79 Å². The third kappa shape index (κ3) is 4.34. The monoisotopic (exact) mass is 378 g/mol. The van der Waals surface area contributed by atoms with Gasteiger partial charge in [0.05, 0.1) is 0 Å². The van der Waals surface area contributed by atoms with Crippen molar-refractivity contribution in [2.45, 2.75) is 13.5 Å². The zero-order valence-electron chi connectivity index (χ0n) is 16.3. The first-order chi connectivity index (χ1) is 13.7. The molecule has 0 unspecified atom stereocenters. The summed E-state index contributed by atoms with van der Waals surface area (Å²) in [6.45, 7) is 7.33. The highest BCUT2D eigenvalue weighted by molar-refractivity contribution is 5.84. The number of imidazole rings is 1. The molecule has 1 aromatic heterocycles. The van der Waals surface area contributed by atoms with E-state index in [1.54, 1.807) is 0 Å².